The number of benzene rings is 1. The second kappa shape index (κ2) is 9.88. The fourth-order valence-electron chi connectivity index (χ4n) is 2.72. The van der Waals surface area contributed by atoms with Gasteiger partial charge in [0.25, 0.3) is 0 Å². The van der Waals surface area contributed by atoms with Gasteiger partial charge in [0.1, 0.15) is 5.75 Å². The highest BCUT2D eigenvalue weighted by Gasteiger charge is 2.15. The molecule has 0 N–H and O–H groups in total. The molecule has 0 unspecified atom stereocenters. The van der Waals surface area contributed by atoms with Crippen LogP contribution in [0.2, 0.25) is 0 Å². The van der Waals surface area contributed by atoms with E-state index in [0.717, 1.165) is 43.4 Å². The van der Waals surface area contributed by atoms with Crippen molar-refractivity contribution in [2.75, 3.05) is 36.1 Å². The standard InChI is InChI=1S/C18H29NO2S/c1-2-3-4-5-6-7-14-21-18-10-8-17(9-11-18)19-12-15-22(20)16-13-19/h8-11H,2-7,12-16H2,1H3. The first-order valence-corrected chi connectivity index (χ1v) is 10.1. The first kappa shape index (κ1) is 17.3. The van der Waals surface area contributed by atoms with Crippen LogP contribution in [0.1, 0.15) is 45.4 Å². The largest absolute Gasteiger partial charge is 0.494 e. The number of ether oxygens (including phenoxy) is 1. The van der Waals surface area contributed by atoms with Crippen molar-refractivity contribution < 1.29 is 8.95 Å². The van der Waals surface area contributed by atoms with Crippen molar-refractivity contribution >= 4 is 16.5 Å². The molecule has 0 radical (unpaired) electrons. The van der Waals surface area contributed by atoms with Gasteiger partial charge in [-0.25, -0.2) is 0 Å². The second-order valence-corrected chi connectivity index (χ2v) is 7.64. The van der Waals surface area contributed by atoms with Gasteiger partial charge in [0.05, 0.1) is 6.61 Å². The van der Waals surface area contributed by atoms with Crippen molar-refractivity contribution in [3.63, 3.8) is 0 Å². The summed E-state index contributed by atoms with van der Waals surface area (Å²) >= 11 is 0. The maximum absolute atomic E-state index is 11.4. The monoisotopic (exact) mass is 323 g/mol. The van der Waals surface area contributed by atoms with E-state index in [1.54, 1.807) is 0 Å². The zero-order valence-corrected chi connectivity index (χ0v) is 14.6. The molecule has 0 bridgehead atoms. The van der Waals surface area contributed by atoms with Crippen LogP contribution in [0.5, 0.6) is 5.75 Å². The molecule has 2 rings (SSSR count). The lowest BCUT2D eigenvalue weighted by Crippen LogP contribution is -2.37. The molecule has 3 nitrogen and oxygen atoms in total. The quantitative estimate of drug-likeness (QED) is 0.643. The average Bonchev–Trinajstić information content (AvgIpc) is 2.55. The maximum atomic E-state index is 11.4. The van der Waals surface area contributed by atoms with Crippen molar-refractivity contribution in [1.29, 1.82) is 0 Å². The molecule has 1 aromatic rings. The Kier molecular flexibility index (Phi) is 7.78. The van der Waals surface area contributed by atoms with Crippen LogP contribution in [0, 0.1) is 0 Å². The molecule has 0 atom stereocenters. The van der Waals surface area contributed by atoms with E-state index in [4.69, 9.17) is 4.74 Å². The van der Waals surface area contributed by atoms with Crippen molar-refractivity contribution in [1.82, 2.24) is 0 Å². The Morgan fingerprint density at radius 2 is 1.64 bits per heavy atom. The third kappa shape index (κ3) is 5.99. The predicted octanol–water partition coefficient (Wildman–Crippen LogP) is 3.99. The lowest BCUT2D eigenvalue weighted by Gasteiger charge is -2.28. The van der Waals surface area contributed by atoms with E-state index in [0.29, 0.717) is 0 Å². The zero-order chi connectivity index (χ0) is 15.6. The number of rotatable bonds is 9. The zero-order valence-electron chi connectivity index (χ0n) is 13.8. The molecule has 1 aromatic carbocycles. The van der Waals surface area contributed by atoms with Gasteiger partial charge in [-0.2, -0.15) is 0 Å². The molecule has 124 valence electrons. The summed E-state index contributed by atoms with van der Waals surface area (Å²) in [4.78, 5) is 2.30. The normalized spacial score (nSPS) is 16.0. The molecule has 0 spiro atoms. The summed E-state index contributed by atoms with van der Waals surface area (Å²) in [7, 11) is -0.614. The molecular formula is C18H29NO2S. The molecule has 0 saturated carbocycles. The van der Waals surface area contributed by atoms with Gasteiger partial charge >= 0.3 is 0 Å². The van der Waals surface area contributed by atoms with Gasteiger partial charge < -0.3 is 9.64 Å². The van der Waals surface area contributed by atoms with E-state index in [1.165, 1.54) is 37.8 Å². The fourth-order valence-corrected chi connectivity index (χ4v) is 3.77. The smallest absolute Gasteiger partial charge is 0.119 e. The van der Waals surface area contributed by atoms with Crippen molar-refractivity contribution in [3.05, 3.63) is 24.3 Å². The van der Waals surface area contributed by atoms with Crippen molar-refractivity contribution in [2.24, 2.45) is 0 Å². The summed E-state index contributed by atoms with van der Waals surface area (Å²) < 4.78 is 17.2. The molecule has 1 aliphatic heterocycles. The molecule has 1 fully saturated rings. The van der Waals surface area contributed by atoms with Crippen LogP contribution >= 0.6 is 0 Å². The Morgan fingerprint density at radius 3 is 2.32 bits per heavy atom. The van der Waals surface area contributed by atoms with Gasteiger partial charge in [-0.05, 0) is 30.7 Å². The number of nitrogens with zero attached hydrogens (tertiary/aromatic N) is 1. The topological polar surface area (TPSA) is 29.5 Å². The second-order valence-electron chi connectivity index (χ2n) is 5.95. The molecular weight excluding hydrogens is 294 g/mol. The number of hydrogen-bond acceptors (Lipinski definition) is 3. The Hall–Kier alpha value is -1.03. The minimum absolute atomic E-state index is 0.614. The summed E-state index contributed by atoms with van der Waals surface area (Å²) in [6, 6.07) is 8.34. The Labute approximate surface area is 137 Å². The van der Waals surface area contributed by atoms with E-state index in [1.807, 2.05) is 0 Å². The van der Waals surface area contributed by atoms with Crippen LogP contribution < -0.4 is 9.64 Å². The Balaban J connectivity index is 1.65. The first-order valence-electron chi connectivity index (χ1n) is 8.62. The number of hydrogen-bond donors (Lipinski definition) is 0. The van der Waals surface area contributed by atoms with Crippen LogP contribution in [-0.2, 0) is 10.8 Å². The van der Waals surface area contributed by atoms with Crippen molar-refractivity contribution in [3.8, 4) is 5.75 Å². The lowest BCUT2D eigenvalue weighted by atomic mass is 10.1. The van der Waals surface area contributed by atoms with E-state index in [9.17, 15) is 4.21 Å². The van der Waals surface area contributed by atoms with Crippen LogP contribution in [-0.4, -0.2) is 35.4 Å². The molecule has 22 heavy (non-hydrogen) atoms. The first-order chi connectivity index (χ1) is 10.8. The van der Waals surface area contributed by atoms with Gasteiger partial charge in [0.2, 0.25) is 0 Å². The number of unbranched alkanes of at least 4 members (excludes halogenated alkanes) is 5. The summed E-state index contributed by atoms with van der Waals surface area (Å²) in [5.41, 5.74) is 1.21. The Morgan fingerprint density at radius 1 is 1.00 bits per heavy atom. The van der Waals surface area contributed by atoms with E-state index in [2.05, 4.69) is 36.1 Å². The summed E-state index contributed by atoms with van der Waals surface area (Å²) in [6.07, 6.45) is 7.74. The summed E-state index contributed by atoms with van der Waals surface area (Å²) in [6.45, 7) is 4.85. The van der Waals surface area contributed by atoms with E-state index >= 15 is 0 Å². The fraction of sp³-hybridized carbons (Fsp3) is 0.667. The summed E-state index contributed by atoms with van der Waals surface area (Å²) in [5, 5.41) is 0. The number of anilines is 1. The van der Waals surface area contributed by atoms with Gasteiger partial charge in [0, 0.05) is 41.1 Å². The highest BCUT2D eigenvalue weighted by Crippen LogP contribution is 2.21. The predicted molar refractivity (Wildman–Crippen MR) is 95.4 cm³/mol. The van der Waals surface area contributed by atoms with Gasteiger partial charge in [0.15, 0.2) is 0 Å². The molecule has 1 heterocycles. The van der Waals surface area contributed by atoms with Crippen molar-refractivity contribution in [2.45, 2.75) is 45.4 Å². The third-order valence-corrected chi connectivity index (χ3v) is 5.42. The molecule has 1 aliphatic rings. The molecule has 0 aromatic heterocycles. The SMILES string of the molecule is CCCCCCCCOc1ccc(N2CCS(=O)CC2)cc1. The van der Waals surface area contributed by atoms with Crippen LogP contribution in [0.25, 0.3) is 0 Å². The molecule has 0 amide bonds. The highest BCUT2D eigenvalue weighted by atomic mass is 32.2. The molecule has 1 saturated heterocycles. The van der Waals surface area contributed by atoms with Crippen LogP contribution in [0.15, 0.2) is 24.3 Å². The minimum Gasteiger partial charge on any atom is -0.494 e. The Bertz CT molecular complexity index is 437. The highest BCUT2D eigenvalue weighted by molar-refractivity contribution is 7.85. The lowest BCUT2D eigenvalue weighted by molar-refractivity contribution is 0.304. The molecule has 0 aliphatic carbocycles. The van der Waals surface area contributed by atoms with Gasteiger partial charge in [-0.15, -0.1) is 0 Å². The van der Waals surface area contributed by atoms with E-state index in [-0.39, 0.29) is 0 Å². The van der Waals surface area contributed by atoms with Crippen LogP contribution in [0.4, 0.5) is 5.69 Å². The average molecular weight is 324 g/mol. The minimum atomic E-state index is -0.614. The maximum Gasteiger partial charge on any atom is 0.119 e. The third-order valence-electron chi connectivity index (χ3n) is 4.15. The van der Waals surface area contributed by atoms with Gasteiger partial charge in [-0.3, -0.25) is 4.21 Å². The van der Waals surface area contributed by atoms with E-state index < -0.39 is 10.8 Å². The van der Waals surface area contributed by atoms with Gasteiger partial charge in [-0.1, -0.05) is 39.0 Å². The van der Waals surface area contributed by atoms with Crippen LogP contribution in [0.3, 0.4) is 0 Å². The molecule has 4 heteroatoms. The summed E-state index contributed by atoms with van der Waals surface area (Å²) in [5.74, 6) is 2.53.